The second kappa shape index (κ2) is 5.25. The van der Waals surface area contributed by atoms with E-state index in [0.717, 1.165) is 14.2 Å². The van der Waals surface area contributed by atoms with Gasteiger partial charge in [-0.2, -0.15) is 26.3 Å². The number of fused-ring (bicyclic) bond motifs is 2. The summed E-state index contributed by atoms with van der Waals surface area (Å²) in [6.45, 7) is 0. The maximum atomic E-state index is 13.0. The van der Waals surface area contributed by atoms with Crippen molar-refractivity contribution >= 4 is 11.9 Å². The van der Waals surface area contributed by atoms with Crippen molar-refractivity contribution in [1.29, 1.82) is 0 Å². The van der Waals surface area contributed by atoms with Gasteiger partial charge in [-0.25, -0.2) is 9.59 Å². The minimum Gasteiger partial charge on any atom is -0.466 e. The van der Waals surface area contributed by atoms with Crippen molar-refractivity contribution in [3.8, 4) is 0 Å². The third-order valence-electron chi connectivity index (χ3n) is 3.32. The Morgan fingerprint density at radius 3 is 1.35 bits per heavy atom. The fraction of sp³-hybridized carbons (Fsp3) is 0.500. The molecule has 128 valence electrons. The van der Waals surface area contributed by atoms with Gasteiger partial charge < -0.3 is 14.2 Å². The molecule has 2 unspecified atom stereocenters. The Morgan fingerprint density at radius 1 is 0.826 bits per heavy atom. The minimum atomic E-state index is -5.41. The first-order valence-corrected chi connectivity index (χ1v) is 5.89. The molecule has 2 bridgehead atoms. The number of esters is 2. The topological polar surface area (TPSA) is 61.8 Å². The molecule has 2 aliphatic heterocycles. The molecule has 0 aromatic rings. The van der Waals surface area contributed by atoms with Crippen molar-refractivity contribution in [3.05, 3.63) is 22.3 Å². The van der Waals surface area contributed by atoms with Gasteiger partial charge in [-0.15, -0.1) is 0 Å². The van der Waals surface area contributed by atoms with Crippen molar-refractivity contribution in [2.45, 2.75) is 24.6 Å². The van der Waals surface area contributed by atoms with Gasteiger partial charge >= 0.3 is 24.3 Å². The minimum absolute atomic E-state index is 0.803. The predicted molar refractivity (Wildman–Crippen MR) is 58.9 cm³/mol. The van der Waals surface area contributed by atoms with Crippen LogP contribution in [0.5, 0.6) is 0 Å². The van der Waals surface area contributed by atoms with Crippen molar-refractivity contribution in [2.24, 2.45) is 0 Å². The van der Waals surface area contributed by atoms with Crippen LogP contribution in [0.1, 0.15) is 0 Å². The SMILES string of the molecule is COC(=O)C1=C(C(=O)OC)C2OC1C(C(F)(F)F)=C2C(F)(F)F. The molecule has 5 nitrogen and oxygen atoms in total. The molecule has 2 aliphatic rings. The molecule has 2 heterocycles. The van der Waals surface area contributed by atoms with Gasteiger partial charge in [-0.1, -0.05) is 0 Å². The molecule has 0 saturated carbocycles. The highest BCUT2D eigenvalue weighted by Crippen LogP contribution is 2.54. The van der Waals surface area contributed by atoms with Crippen molar-refractivity contribution < 1.29 is 50.1 Å². The summed E-state index contributed by atoms with van der Waals surface area (Å²) in [6, 6.07) is 0. The number of hydrogen-bond donors (Lipinski definition) is 0. The highest BCUT2D eigenvalue weighted by Gasteiger charge is 2.64. The van der Waals surface area contributed by atoms with E-state index in [4.69, 9.17) is 0 Å². The Kier molecular flexibility index (Phi) is 3.95. The fourth-order valence-electron chi connectivity index (χ4n) is 2.52. The molecular weight excluding hydrogens is 338 g/mol. The molecule has 2 atom stereocenters. The third-order valence-corrected chi connectivity index (χ3v) is 3.32. The average molecular weight is 346 g/mol. The van der Waals surface area contributed by atoms with Crippen LogP contribution in [0.3, 0.4) is 0 Å². The summed E-state index contributed by atoms with van der Waals surface area (Å²) in [6.07, 6.45) is -15.6. The molecule has 0 saturated heterocycles. The summed E-state index contributed by atoms with van der Waals surface area (Å²) in [5.74, 6) is -2.80. The molecule has 2 rings (SSSR count). The number of alkyl halides is 6. The molecule has 0 aliphatic carbocycles. The monoisotopic (exact) mass is 346 g/mol. The second-order valence-corrected chi connectivity index (χ2v) is 4.53. The van der Waals surface area contributed by atoms with Gasteiger partial charge in [0.05, 0.1) is 36.5 Å². The zero-order chi connectivity index (χ0) is 17.7. The van der Waals surface area contributed by atoms with Crippen molar-refractivity contribution in [2.75, 3.05) is 14.2 Å². The maximum absolute atomic E-state index is 13.0. The lowest BCUT2D eigenvalue weighted by atomic mass is 9.85. The molecule has 0 fully saturated rings. The van der Waals surface area contributed by atoms with E-state index < -0.39 is 58.8 Å². The van der Waals surface area contributed by atoms with Gasteiger partial charge in [-0.3, -0.25) is 0 Å². The van der Waals surface area contributed by atoms with E-state index >= 15 is 0 Å². The van der Waals surface area contributed by atoms with Crippen LogP contribution in [-0.2, 0) is 23.8 Å². The maximum Gasteiger partial charge on any atom is 0.415 e. The number of ether oxygens (including phenoxy) is 3. The van der Waals surface area contributed by atoms with Crippen LogP contribution in [0.25, 0.3) is 0 Å². The van der Waals surface area contributed by atoms with E-state index in [1.54, 1.807) is 0 Å². The first-order chi connectivity index (χ1) is 10.4. The molecule has 0 N–H and O–H groups in total. The van der Waals surface area contributed by atoms with Crippen LogP contribution in [0.4, 0.5) is 26.3 Å². The smallest absolute Gasteiger partial charge is 0.415 e. The van der Waals surface area contributed by atoms with Gasteiger partial charge in [0, 0.05) is 0 Å². The quantitative estimate of drug-likeness (QED) is 0.434. The molecule has 23 heavy (non-hydrogen) atoms. The van der Waals surface area contributed by atoms with Gasteiger partial charge in [0.2, 0.25) is 0 Å². The van der Waals surface area contributed by atoms with E-state index in [9.17, 15) is 35.9 Å². The van der Waals surface area contributed by atoms with E-state index in [-0.39, 0.29) is 0 Å². The van der Waals surface area contributed by atoms with Crippen LogP contribution >= 0.6 is 0 Å². The fourth-order valence-corrected chi connectivity index (χ4v) is 2.52. The number of hydrogen-bond acceptors (Lipinski definition) is 5. The van der Waals surface area contributed by atoms with Gasteiger partial charge in [-0.05, 0) is 0 Å². The Bertz CT molecular complexity index is 575. The zero-order valence-corrected chi connectivity index (χ0v) is 11.5. The molecule has 0 radical (unpaired) electrons. The molecule has 0 aromatic heterocycles. The van der Waals surface area contributed by atoms with Gasteiger partial charge in [0.1, 0.15) is 12.2 Å². The number of carbonyl (C=O) groups is 2. The van der Waals surface area contributed by atoms with Crippen LogP contribution in [0.15, 0.2) is 22.3 Å². The van der Waals surface area contributed by atoms with Gasteiger partial charge in [0.25, 0.3) is 0 Å². The summed E-state index contributed by atoms with van der Waals surface area (Å²) >= 11 is 0. The van der Waals surface area contributed by atoms with Crippen LogP contribution in [0, 0.1) is 0 Å². The number of methoxy groups -OCH3 is 2. The summed E-state index contributed by atoms with van der Waals surface area (Å²) in [5, 5.41) is 0. The molecule has 11 heteroatoms. The summed E-state index contributed by atoms with van der Waals surface area (Å²) in [7, 11) is 1.61. The van der Waals surface area contributed by atoms with Crippen molar-refractivity contribution in [1.82, 2.24) is 0 Å². The molecule has 0 aromatic carbocycles. The largest absolute Gasteiger partial charge is 0.466 e. The summed E-state index contributed by atoms with van der Waals surface area (Å²) in [4.78, 5) is 23.2. The first-order valence-electron chi connectivity index (χ1n) is 5.89. The first kappa shape index (κ1) is 17.3. The normalized spacial score (nSPS) is 24.3. The summed E-state index contributed by atoms with van der Waals surface area (Å²) in [5.41, 5.74) is -6.01. The van der Waals surface area contributed by atoms with Crippen LogP contribution in [-0.4, -0.2) is 50.7 Å². The lowest BCUT2D eigenvalue weighted by molar-refractivity contribution is -0.140. The van der Waals surface area contributed by atoms with Crippen LogP contribution in [0.2, 0.25) is 0 Å². The predicted octanol–water partition coefficient (Wildman–Crippen LogP) is 1.83. The van der Waals surface area contributed by atoms with E-state index in [1.165, 1.54) is 0 Å². The Labute approximate surface area is 124 Å². The summed E-state index contributed by atoms with van der Waals surface area (Å²) < 4.78 is 91.2. The molecule has 0 amide bonds. The number of halogens is 6. The van der Waals surface area contributed by atoms with E-state index in [0.29, 0.717) is 0 Å². The van der Waals surface area contributed by atoms with E-state index in [1.807, 2.05) is 0 Å². The second-order valence-electron chi connectivity index (χ2n) is 4.53. The zero-order valence-electron chi connectivity index (χ0n) is 11.5. The standard InChI is InChI=1S/C12H8F6O5/c1-21-9(19)3-4(10(20)22-2)8-6(12(16,17)18)5(7(3)23-8)11(13,14)15/h7-8H,1-2H3. The van der Waals surface area contributed by atoms with Gasteiger partial charge in [0.15, 0.2) is 0 Å². The lowest BCUT2D eigenvalue weighted by Crippen LogP contribution is -2.35. The Hall–Kier alpha value is -2.04. The Balaban J connectivity index is 2.70. The number of rotatable bonds is 2. The van der Waals surface area contributed by atoms with Crippen LogP contribution < -0.4 is 0 Å². The van der Waals surface area contributed by atoms with E-state index in [2.05, 4.69) is 14.2 Å². The molecular formula is C12H8F6O5. The third kappa shape index (κ3) is 2.58. The van der Waals surface area contributed by atoms with Crippen molar-refractivity contribution in [3.63, 3.8) is 0 Å². The average Bonchev–Trinajstić information content (AvgIpc) is 2.99. The molecule has 0 spiro atoms. The highest BCUT2D eigenvalue weighted by atomic mass is 19.4. The lowest BCUT2D eigenvalue weighted by Gasteiger charge is -2.23. The highest BCUT2D eigenvalue weighted by molar-refractivity contribution is 6.04. The Morgan fingerprint density at radius 2 is 1.13 bits per heavy atom. The number of carbonyl (C=O) groups excluding carboxylic acids is 2.